The molecule has 36 heavy (non-hydrogen) atoms. The zero-order valence-electron chi connectivity index (χ0n) is 23.7. The minimum Gasteiger partial charge on any atom is -0.493 e. The molecule has 0 radical (unpaired) electrons. The third kappa shape index (κ3) is 17.3. The van der Waals surface area contributed by atoms with Gasteiger partial charge >= 0.3 is 0 Å². The minimum absolute atomic E-state index is 0.907. The van der Waals surface area contributed by atoms with Crippen molar-refractivity contribution in [2.75, 3.05) is 24.9 Å². The SMILES string of the molecule is COc1cc(CCCCCCCCCCCCBr)cc(CCCCCCCCCCCCBr)c1OC. The van der Waals surface area contributed by atoms with Crippen LogP contribution < -0.4 is 9.47 Å². The molecule has 0 atom stereocenters. The summed E-state index contributed by atoms with van der Waals surface area (Å²) in [6, 6.07) is 4.59. The fourth-order valence-corrected chi connectivity index (χ4v) is 5.89. The van der Waals surface area contributed by atoms with Crippen molar-refractivity contribution in [3.05, 3.63) is 23.3 Å². The van der Waals surface area contributed by atoms with Gasteiger partial charge in [-0.3, -0.25) is 0 Å². The second-order valence-electron chi connectivity index (χ2n) is 10.4. The molecule has 0 amide bonds. The molecule has 0 unspecified atom stereocenters. The van der Waals surface area contributed by atoms with Gasteiger partial charge in [0.05, 0.1) is 14.2 Å². The van der Waals surface area contributed by atoms with Gasteiger partial charge in [0.1, 0.15) is 0 Å². The quantitative estimate of drug-likeness (QED) is 0.0747. The summed E-state index contributed by atoms with van der Waals surface area (Å²) in [6.07, 6.45) is 29.6. The van der Waals surface area contributed by atoms with E-state index in [1.54, 1.807) is 14.2 Å². The van der Waals surface area contributed by atoms with Crippen molar-refractivity contribution in [1.82, 2.24) is 0 Å². The lowest BCUT2D eigenvalue weighted by molar-refractivity contribution is 0.350. The third-order valence-corrected chi connectivity index (χ3v) is 8.42. The molecule has 0 aliphatic heterocycles. The van der Waals surface area contributed by atoms with Crippen molar-refractivity contribution >= 4 is 31.9 Å². The van der Waals surface area contributed by atoms with Gasteiger partial charge in [-0.05, 0) is 55.7 Å². The second-order valence-corrected chi connectivity index (χ2v) is 12.0. The topological polar surface area (TPSA) is 18.5 Å². The summed E-state index contributed by atoms with van der Waals surface area (Å²) in [5, 5.41) is 2.32. The first-order valence-electron chi connectivity index (χ1n) is 15.1. The van der Waals surface area contributed by atoms with Gasteiger partial charge in [0.25, 0.3) is 0 Å². The molecule has 0 N–H and O–H groups in total. The standard InChI is InChI=1S/C32H56Br2O2/c1-35-31-28-29(23-19-15-11-7-3-5-9-13-17-21-25-33)27-30(32(31)36-2)24-20-16-12-8-4-6-10-14-18-22-26-34/h27-28H,3-26H2,1-2H3. The molecular weight excluding hydrogens is 576 g/mol. The molecule has 0 bridgehead atoms. The van der Waals surface area contributed by atoms with E-state index in [-0.39, 0.29) is 0 Å². The summed E-state index contributed by atoms with van der Waals surface area (Å²) in [4.78, 5) is 0. The molecule has 1 aromatic carbocycles. The minimum atomic E-state index is 0.907. The zero-order valence-corrected chi connectivity index (χ0v) is 26.9. The Balaban J connectivity index is 2.26. The highest BCUT2D eigenvalue weighted by Gasteiger charge is 2.12. The van der Waals surface area contributed by atoms with Gasteiger partial charge in [0, 0.05) is 10.7 Å². The van der Waals surface area contributed by atoms with E-state index in [4.69, 9.17) is 9.47 Å². The first kappa shape index (κ1) is 33.8. The average Bonchev–Trinajstić information content (AvgIpc) is 2.90. The molecule has 4 heteroatoms. The number of unbranched alkanes of at least 4 members (excludes halogenated alkanes) is 18. The molecule has 1 rings (SSSR count). The van der Waals surface area contributed by atoms with E-state index in [0.717, 1.165) is 35.0 Å². The second kappa shape index (κ2) is 25.1. The van der Waals surface area contributed by atoms with Crippen LogP contribution in [0, 0.1) is 0 Å². The van der Waals surface area contributed by atoms with Gasteiger partial charge in [0.2, 0.25) is 0 Å². The Morgan fingerprint density at radius 3 is 1.25 bits per heavy atom. The number of hydrogen-bond donors (Lipinski definition) is 0. The van der Waals surface area contributed by atoms with Gasteiger partial charge in [0.15, 0.2) is 11.5 Å². The highest BCUT2D eigenvalue weighted by Crippen LogP contribution is 2.34. The lowest BCUT2D eigenvalue weighted by Crippen LogP contribution is -1.99. The van der Waals surface area contributed by atoms with Crippen LogP contribution >= 0.6 is 31.9 Å². The Hall–Kier alpha value is -0.220. The zero-order chi connectivity index (χ0) is 26.1. The normalized spacial score (nSPS) is 11.2. The number of hydrogen-bond acceptors (Lipinski definition) is 2. The highest BCUT2D eigenvalue weighted by molar-refractivity contribution is 9.09. The summed E-state index contributed by atoms with van der Waals surface area (Å²) >= 11 is 7.04. The van der Waals surface area contributed by atoms with E-state index < -0.39 is 0 Å². The third-order valence-electron chi connectivity index (χ3n) is 7.29. The number of methoxy groups -OCH3 is 2. The van der Waals surface area contributed by atoms with Crippen LogP contribution in [0.3, 0.4) is 0 Å². The van der Waals surface area contributed by atoms with E-state index in [1.807, 2.05) is 0 Å². The molecule has 0 spiro atoms. The molecule has 0 aliphatic rings. The fraction of sp³-hybridized carbons (Fsp3) is 0.812. The number of alkyl halides is 2. The lowest BCUT2D eigenvalue weighted by Gasteiger charge is -2.15. The molecule has 210 valence electrons. The maximum Gasteiger partial charge on any atom is 0.163 e. The molecule has 0 aromatic heterocycles. The molecule has 2 nitrogen and oxygen atoms in total. The first-order valence-corrected chi connectivity index (χ1v) is 17.4. The highest BCUT2D eigenvalue weighted by atomic mass is 79.9. The Bertz CT molecular complexity index is 620. The summed E-state index contributed by atoms with van der Waals surface area (Å²) in [5.74, 6) is 1.85. The number of aryl methyl sites for hydroxylation is 2. The van der Waals surface area contributed by atoms with Crippen LogP contribution in [0.4, 0.5) is 0 Å². The summed E-state index contributed by atoms with van der Waals surface area (Å²) in [5.41, 5.74) is 2.74. The van der Waals surface area contributed by atoms with Gasteiger partial charge in [-0.15, -0.1) is 0 Å². The van der Waals surface area contributed by atoms with Gasteiger partial charge < -0.3 is 9.47 Å². The number of halogens is 2. The summed E-state index contributed by atoms with van der Waals surface area (Å²) in [7, 11) is 3.55. The Morgan fingerprint density at radius 2 is 0.861 bits per heavy atom. The van der Waals surface area contributed by atoms with Gasteiger partial charge in [-0.25, -0.2) is 0 Å². The van der Waals surface area contributed by atoms with E-state index in [1.165, 1.54) is 140 Å². The summed E-state index contributed by atoms with van der Waals surface area (Å²) < 4.78 is 11.5. The largest absolute Gasteiger partial charge is 0.493 e. The Labute approximate surface area is 241 Å². The van der Waals surface area contributed by atoms with Crippen LogP contribution in [0.5, 0.6) is 11.5 Å². The van der Waals surface area contributed by atoms with E-state index in [2.05, 4.69) is 44.0 Å². The Morgan fingerprint density at radius 1 is 0.472 bits per heavy atom. The van der Waals surface area contributed by atoms with Gasteiger partial charge in [-0.2, -0.15) is 0 Å². The molecule has 0 heterocycles. The predicted octanol–water partition coefficient (Wildman–Crippen LogP) is 11.4. The van der Waals surface area contributed by atoms with Crippen LogP contribution in [-0.2, 0) is 12.8 Å². The maximum atomic E-state index is 5.75. The number of rotatable bonds is 26. The van der Waals surface area contributed by atoms with Crippen LogP contribution in [-0.4, -0.2) is 24.9 Å². The average molecular weight is 633 g/mol. The Kier molecular flexibility index (Phi) is 23.6. The summed E-state index contributed by atoms with van der Waals surface area (Å²) in [6.45, 7) is 0. The van der Waals surface area contributed by atoms with E-state index >= 15 is 0 Å². The lowest BCUT2D eigenvalue weighted by atomic mass is 9.98. The van der Waals surface area contributed by atoms with Crippen LogP contribution in [0.15, 0.2) is 12.1 Å². The number of ether oxygens (including phenoxy) is 2. The van der Waals surface area contributed by atoms with Crippen molar-refractivity contribution in [3.8, 4) is 11.5 Å². The van der Waals surface area contributed by atoms with Crippen molar-refractivity contribution in [3.63, 3.8) is 0 Å². The molecule has 0 fully saturated rings. The van der Waals surface area contributed by atoms with Crippen LogP contribution in [0.25, 0.3) is 0 Å². The fourth-order valence-electron chi connectivity index (χ4n) is 5.10. The van der Waals surface area contributed by atoms with Crippen molar-refractivity contribution < 1.29 is 9.47 Å². The molecule has 0 aliphatic carbocycles. The smallest absolute Gasteiger partial charge is 0.163 e. The predicted molar refractivity (Wildman–Crippen MR) is 167 cm³/mol. The van der Waals surface area contributed by atoms with Crippen molar-refractivity contribution in [1.29, 1.82) is 0 Å². The van der Waals surface area contributed by atoms with Crippen LogP contribution in [0.1, 0.15) is 140 Å². The maximum absolute atomic E-state index is 5.75. The molecule has 1 aromatic rings. The van der Waals surface area contributed by atoms with E-state index in [9.17, 15) is 0 Å². The van der Waals surface area contributed by atoms with Gasteiger partial charge in [-0.1, -0.05) is 141 Å². The van der Waals surface area contributed by atoms with Crippen molar-refractivity contribution in [2.24, 2.45) is 0 Å². The van der Waals surface area contributed by atoms with Crippen LogP contribution in [0.2, 0.25) is 0 Å². The monoisotopic (exact) mass is 630 g/mol. The van der Waals surface area contributed by atoms with E-state index in [0.29, 0.717) is 0 Å². The number of benzene rings is 1. The molecule has 0 saturated carbocycles. The first-order chi connectivity index (χ1) is 17.8. The molecular formula is C32H56Br2O2. The molecule has 0 saturated heterocycles. The van der Waals surface area contributed by atoms with Crippen molar-refractivity contribution in [2.45, 2.75) is 141 Å².